The van der Waals surface area contributed by atoms with E-state index in [-0.39, 0.29) is 0 Å². The molecule has 5 aromatic carbocycles. The zero-order valence-electron chi connectivity index (χ0n) is 32.7. The summed E-state index contributed by atoms with van der Waals surface area (Å²) in [6.45, 7) is 17.9. The third-order valence-corrected chi connectivity index (χ3v) is 12.8. The molecule has 3 atom stereocenters. The molecule has 1 saturated heterocycles. The number of hydrogen-bond acceptors (Lipinski definition) is 5. The number of halogens is 1. The van der Waals surface area contributed by atoms with Gasteiger partial charge in [-0.25, -0.2) is 0 Å². The lowest BCUT2D eigenvalue weighted by atomic mass is 9.89. The molecule has 280 valence electrons. The molecule has 0 amide bonds. The van der Waals surface area contributed by atoms with Gasteiger partial charge >= 0.3 is 0 Å². The Morgan fingerprint density at radius 3 is 1.91 bits per heavy atom. The second-order valence-electron chi connectivity index (χ2n) is 15.3. The Hall–Kier alpha value is -4.32. The molecule has 5 aromatic rings. The molecular formula is C48H55ClN4S. The maximum atomic E-state index is 6.34. The van der Waals surface area contributed by atoms with Crippen LogP contribution in [0.15, 0.2) is 126 Å². The van der Waals surface area contributed by atoms with Gasteiger partial charge in [-0.2, -0.15) is 0 Å². The fraction of sp³-hybridized carbons (Fsp3) is 0.333. The highest BCUT2D eigenvalue weighted by Gasteiger charge is 2.38. The van der Waals surface area contributed by atoms with Crippen molar-refractivity contribution in [2.24, 2.45) is 5.92 Å². The fourth-order valence-corrected chi connectivity index (χ4v) is 9.43. The minimum absolute atomic E-state index is 0.397. The van der Waals surface area contributed by atoms with Gasteiger partial charge in [0.2, 0.25) is 0 Å². The van der Waals surface area contributed by atoms with E-state index in [0.29, 0.717) is 24.0 Å². The summed E-state index contributed by atoms with van der Waals surface area (Å²) < 4.78 is 0. The summed E-state index contributed by atoms with van der Waals surface area (Å²) >= 11 is 8.25. The second-order valence-corrected chi connectivity index (χ2v) is 16.9. The molecule has 0 saturated carbocycles. The van der Waals surface area contributed by atoms with E-state index in [1.165, 1.54) is 61.0 Å². The van der Waals surface area contributed by atoms with Crippen molar-refractivity contribution < 1.29 is 0 Å². The van der Waals surface area contributed by atoms with Crippen LogP contribution in [-0.4, -0.2) is 55.0 Å². The molecule has 6 heteroatoms. The smallest absolute Gasteiger partial charge is 0.0486 e. The number of aryl methyl sites for hydroxylation is 1. The van der Waals surface area contributed by atoms with Gasteiger partial charge < -0.3 is 20.0 Å². The number of nitrogens with one attached hydrogen (secondary N) is 1. The average molecular weight is 756 g/mol. The van der Waals surface area contributed by atoms with Crippen molar-refractivity contribution in [3.05, 3.63) is 143 Å². The Balaban J connectivity index is 1.00. The first kappa shape index (κ1) is 38.0. The Bertz CT molecular complexity index is 2020. The van der Waals surface area contributed by atoms with Crippen molar-refractivity contribution in [3.8, 4) is 11.1 Å². The van der Waals surface area contributed by atoms with Crippen LogP contribution in [0.25, 0.3) is 22.4 Å². The first-order valence-electron chi connectivity index (χ1n) is 19.7. The predicted molar refractivity (Wildman–Crippen MR) is 236 cm³/mol. The maximum Gasteiger partial charge on any atom is 0.0486 e. The summed E-state index contributed by atoms with van der Waals surface area (Å²) in [6.07, 6.45) is 1.09. The van der Waals surface area contributed by atoms with Gasteiger partial charge in [0.1, 0.15) is 0 Å². The van der Waals surface area contributed by atoms with Crippen LogP contribution < -0.4 is 15.1 Å². The number of rotatable bonds is 12. The molecule has 1 N–H and O–H groups in total. The molecule has 1 fully saturated rings. The molecule has 2 aliphatic rings. The topological polar surface area (TPSA) is 21.8 Å². The van der Waals surface area contributed by atoms with E-state index in [1.54, 1.807) is 0 Å². The van der Waals surface area contributed by atoms with E-state index in [9.17, 15) is 0 Å². The van der Waals surface area contributed by atoms with E-state index in [1.807, 2.05) is 23.9 Å². The molecule has 3 unspecified atom stereocenters. The minimum atomic E-state index is 0.397. The van der Waals surface area contributed by atoms with Crippen LogP contribution >= 0.6 is 23.4 Å². The van der Waals surface area contributed by atoms with Crippen LogP contribution in [0, 0.1) is 12.8 Å². The molecule has 0 aromatic heterocycles. The zero-order valence-corrected chi connectivity index (χ0v) is 34.3. The highest BCUT2D eigenvalue weighted by molar-refractivity contribution is 7.99. The molecule has 0 bridgehead atoms. The van der Waals surface area contributed by atoms with Gasteiger partial charge in [-0.15, -0.1) is 11.8 Å². The lowest BCUT2D eigenvalue weighted by Crippen LogP contribution is -2.46. The van der Waals surface area contributed by atoms with Gasteiger partial charge in [0.25, 0.3) is 0 Å². The molecular weight excluding hydrogens is 700 g/mol. The molecule has 54 heavy (non-hydrogen) atoms. The van der Waals surface area contributed by atoms with E-state index >= 15 is 0 Å². The maximum absolute atomic E-state index is 6.34. The van der Waals surface area contributed by atoms with Crippen molar-refractivity contribution in [2.75, 3.05) is 47.0 Å². The molecule has 2 aliphatic heterocycles. The number of thioether (sulfide) groups is 1. The summed E-state index contributed by atoms with van der Waals surface area (Å²) in [5.41, 5.74) is 13.0. The second kappa shape index (κ2) is 17.0. The van der Waals surface area contributed by atoms with Crippen molar-refractivity contribution in [1.29, 1.82) is 0 Å². The number of anilines is 3. The van der Waals surface area contributed by atoms with Crippen molar-refractivity contribution in [2.45, 2.75) is 71.0 Å². The van der Waals surface area contributed by atoms with Gasteiger partial charge in [-0.3, -0.25) is 0 Å². The van der Waals surface area contributed by atoms with Crippen LogP contribution in [0.5, 0.6) is 0 Å². The third kappa shape index (κ3) is 8.48. The number of nitrogens with zero attached hydrogens (tertiary/aromatic N) is 3. The van der Waals surface area contributed by atoms with E-state index in [4.69, 9.17) is 11.6 Å². The largest absolute Gasteiger partial charge is 0.381 e. The lowest BCUT2D eigenvalue weighted by molar-refractivity contribution is 0.248. The molecule has 0 radical (unpaired) electrons. The molecule has 7 rings (SSSR count). The van der Waals surface area contributed by atoms with Gasteiger partial charge in [0.15, 0.2) is 0 Å². The van der Waals surface area contributed by atoms with E-state index < -0.39 is 0 Å². The molecule has 0 spiro atoms. The summed E-state index contributed by atoms with van der Waals surface area (Å²) in [7, 11) is 0. The first-order valence-corrected chi connectivity index (χ1v) is 21.1. The van der Waals surface area contributed by atoms with Crippen LogP contribution in [-0.2, 0) is 0 Å². The molecule has 0 aliphatic carbocycles. The predicted octanol–water partition coefficient (Wildman–Crippen LogP) is 12.2. The quantitative estimate of drug-likeness (QED) is 0.128. The molecule has 2 heterocycles. The zero-order chi connectivity index (χ0) is 37.8. The van der Waals surface area contributed by atoms with Crippen LogP contribution in [0.4, 0.5) is 17.1 Å². The lowest BCUT2D eigenvalue weighted by Gasteiger charge is -2.38. The standard InChI is InChI=1S/C48H55ClN4S/c1-7-42(32-54-46-11-9-8-10-12-46)50-43-21-15-37(16-22-43)38-17-23-44(24-18-38)51-25-27-52(28-26-51)45-30-34(4)29-40(31-45)47-35(5)36(6)53(33(2)3)48(47)39-13-19-41(49)20-14-39/h8-24,29-31,33,35-36,42,50H,7,25-28,32H2,1-6H3. The van der Waals surface area contributed by atoms with Gasteiger partial charge in [0.05, 0.1) is 0 Å². The number of hydrogen-bond donors (Lipinski definition) is 1. The number of piperazine rings is 1. The summed E-state index contributed by atoms with van der Waals surface area (Å²) in [5.74, 6) is 1.45. The van der Waals surface area contributed by atoms with E-state index in [0.717, 1.165) is 43.4 Å². The van der Waals surface area contributed by atoms with Crippen LogP contribution in [0.3, 0.4) is 0 Å². The summed E-state index contributed by atoms with van der Waals surface area (Å²) in [6, 6.07) is 45.6. The Morgan fingerprint density at radius 1 is 0.704 bits per heavy atom. The normalized spacial score (nSPS) is 18.1. The summed E-state index contributed by atoms with van der Waals surface area (Å²) in [4.78, 5) is 9.04. The first-order chi connectivity index (χ1) is 26.2. The van der Waals surface area contributed by atoms with Crippen molar-refractivity contribution >= 4 is 51.7 Å². The Morgan fingerprint density at radius 2 is 1.30 bits per heavy atom. The highest BCUT2D eigenvalue weighted by atomic mass is 35.5. The van der Waals surface area contributed by atoms with E-state index in [2.05, 4.69) is 171 Å². The number of benzene rings is 5. The van der Waals surface area contributed by atoms with Crippen molar-refractivity contribution in [1.82, 2.24) is 4.90 Å². The molecule has 4 nitrogen and oxygen atoms in total. The van der Waals surface area contributed by atoms with Gasteiger partial charge in [-0.1, -0.05) is 86.1 Å². The van der Waals surface area contributed by atoms with Gasteiger partial charge in [-0.05, 0) is 128 Å². The van der Waals surface area contributed by atoms with Crippen LogP contribution in [0.2, 0.25) is 5.02 Å². The fourth-order valence-electron chi connectivity index (χ4n) is 8.24. The Labute approximate surface area is 333 Å². The SMILES string of the molecule is CCC(CSc1ccccc1)Nc1ccc(-c2ccc(N3CCN(c4cc(C)cc(C5=C(c6ccc(Cl)cc6)N(C(C)C)C(C)C5C)c4)CC3)cc2)cc1. The van der Waals surface area contributed by atoms with Crippen LogP contribution in [0.1, 0.15) is 57.7 Å². The minimum Gasteiger partial charge on any atom is -0.381 e. The Kier molecular flexibility index (Phi) is 12.0. The average Bonchev–Trinajstić information content (AvgIpc) is 3.47. The third-order valence-electron chi connectivity index (χ3n) is 11.3. The monoisotopic (exact) mass is 754 g/mol. The summed E-state index contributed by atoms with van der Waals surface area (Å²) in [5, 5.41) is 4.52. The van der Waals surface area contributed by atoms with Crippen molar-refractivity contribution in [3.63, 3.8) is 0 Å². The van der Waals surface area contributed by atoms with Gasteiger partial charge in [0, 0.05) is 88.7 Å². The highest BCUT2D eigenvalue weighted by Crippen LogP contribution is 2.47.